The largest absolute Gasteiger partial charge is 0.481 e. The van der Waals surface area contributed by atoms with Crippen LogP contribution in [0.5, 0.6) is 0 Å². The van der Waals surface area contributed by atoms with E-state index in [0.29, 0.717) is 5.56 Å². The van der Waals surface area contributed by atoms with Gasteiger partial charge in [0.05, 0.1) is 17.9 Å². The Balaban J connectivity index is 2.50. The molecule has 1 amide bonds. The number of nitrogens with one attached hydrogen (secondary N) is 1. The number of carboxylic acids is 2. The Morgan fingerprint density at radius 3 is 2.15 bits per heavy atom. The molecule has 1 unspecified atom stereocenters. The number of rotatable bonds is 8. The van der Waals surface area contributed by atoms with Crippen LogP contribution in [-0.4, -0.2) is 34.0 Å². The summed E-state index contributed by atoms with van der Waals surface area (Å²) in [7, 11) is 0. The first kappa shape index (κ1) is 22.1. The van der Waals surface area contributed by atoms with Crippen LogP contribution in [0.2, 0.25) is 0 Å². The van der Waals surface area contributed by atoms with Crippen LogP contribution in [0.3, 0.4) is 0 Å². The molecule has 0 fully saturated rings. The summed E-state index contributed by atoms with van der Waals surface area (Å²) in [4.78, 5) is 50.2. The zero-order valence-corrected chi connectivity index (χ0v) is 15.7. The Labute approximate surface area is 157 Å². The molecular weight excluding hydrogens is 354 g/mol. The van der Waals surface area contributed by atoms with Crippen LogP contribution < -0.4 is 5.48 Å². The average Bonchev–Trinajstić information content (AvgIpc) is 2.55. The second-order valence-corrected chi connectivity index (χ2v) is 7.52. The van der Waals surface area contributed by atoms with Gasteiger partial charge in [0.2, 0.25) is 0 Å². The van der Waals surface area contributed by atoms with Crippen LogP contribution in [0.4, 0.5) is 0 Å². The molecule has 0 spiro atoms. The van der Waals surface area contributed by atoms with Crippen LogP contribution in [0.25, 0.3) is 0 Å². The average molecular weight is 379 g/mol. The van der Waals surface area contributed by atoms with E-state index in [1.165, 1.54) is 12.1 Å². The molecule has 0 heterocycles. The maximum atomic E-state index is 11.8. The van der Waals surface area contributed by atoms with E-state index in [9.17, 15) is 24.3 Å². The van der Waals surface area contributed by atoms with Gasteiger partial charge in [-0.2, -0.15) is 5.48 Å². The number of carbonyl (C=O) groups is 4. The number of amides is 1. The first-order valence-corrected chi connectivity index (χ1v) is 8.51. The monoisotopic (exact) mass is 379 g/mol. The molecular formula is C19H25NO7. The van der Waals surface area contributed by atoms with Crippen LogP contribution in [0, 0.1) is 11.3 Å². The molecule has 0 saturated carbocycles. The van der Waals surface area contributed by atoms with Gasteiger partial charge >= 0.3 is 17.9 Å². The lowest BCUT2D eigenvalue weighted by Gasteiger charge is -2.16. The van der Waals surface area contributed by atoms with Crippen molar-refractivity contribution in [3.8, 4) is 0 Å². The van der Waals surface area contributed by atoms with Gasteiger partial charge in [-0.25, -0.2) is 9.59 Å². The summed E-state index contributed by atoms with van der Waals surface area (Å²) in [5, 5.41) is 18.2. The fourth-order valence-electron chi connectivity index (χ4n) is 2.32. The van der Waals surface area contributed by atoms with Gasteiger partial charge < -0.3 is 15.1 Å². The second kappa shape index (κ2) is 9.70. The third-order valence-electron chi connectivity index (χ3n) is 3.71. The highest BCUT2D eigenvalue weighted by molar-refractivity contribution is 5.87. The van der Waals surface area contributed by atoms with Gasteiger partial charge in [0.1, 0.15) is 0 Å². The highest BCUT2D eigenvalue weighted by atomic mass is 16.7. The molecule has 0 aliphatic carbocycles. The van der Waals surface area contributed by atoms with Crippen molar-refractivity contribution < 1.29 is 34.2 Å². The Morgan fingerprint density at radius 2 is 1.67 bits per heavy atom. The maximum absolute atomic E-state index is 11.8. The third kappa shape index (κ3) is 8.84. The van der Waals surface area contributed by atoms with E-state index in [4.69, 9.17) is 5.11 Å². The number of hydroxylamine groups is 1. The SMILES string of the molecule is CC(C)(C)CC(=O)ONC(=O)CCC(Cc1ccc(C(=O)O)cc1)C(=O)O. The molecule has 0 saturated heterocycles. The number of carboxylic acid groups (broad SMARTS) is 2. The topological polar surface area (TPSA) is 130 Å². The molecule has 0 bridgehead atoms. The van der Waals surface area contributed by atoms with Gasteiger partial charge in [0, 0.05) is 6.42 Å². The summed E-state index contributed by atoms with van der Waals surface area (Å²) >= 11 is 0. The van der Waals surface area contributed by atoms with Gasteiger partial charge in [-0.1, -0.05) is 32.9 Å². The van der Waals surface area contributed by atoms with Crippen LogP contribution >= 0.6 is 0 Å². The summed E-state index contributed by atoms with van der Waals surface area (Å²) in [6.07, 6.45) is 0.231. The molecule has 148 valence electrons. The zero-order chi connectivity index (χ0) is 20.6. The first-order valence-electron chi connectivity index (χ1n) is 8.51. The van der Waals surface area contributed by atoms with Crippen LogP contribution in [-0.2, 0) is 25.6 Å². The van der Waals surface area contributed by atoms with Crippen molar-refractivity contribution in [3.05, 3.63) is 35.4 Å². The molecule has 8 heteroatoms. The molecule has 0 radical (unpaired) electrons. The molecule has 27 heavy (non-hydrogen) atoms. The van der Waals surface area contributed by atoms with E-state index < -0.39 is 29.7 Å². The van der Waals surface area contributed by atoms with Gasteiger partial charge in [0.15, 0.2) is 0 Å². The zero-order valence-electron chi connectivity index (χ0n) is 15.7. The normalized spacial score (nSPS) is 12.1. The summed E-state index contributed by atoms with van der Waals surface area (Å²) in [5.74, 6) is -4.09. The molecule has 1 rings (SSSR count). The Morgan fingerprint density at radius 1 is 1.07 bits per heavy atom. The number of benzene rings is 1. The Hall–Kier alpha value is -2.90. The first-order chi connectivity index (χ1) is 12.5. The highest BCUT2D eigenvalue weighted by Crippen LogP contribution is 2.19. The van der Waals surface area contributed by atoms with E-state index in [1.807, 2.05) is 26.3 Å². The summed E-state index contributed by atoms with van der Waals surface area (Å²) < 4.78 is 0. The minimum absolute atomic E-state index is 0.0542. The van der Waals surface area contributed by atoms with Gasteiger partial charge in [-0.15, -0.1) is 0 Å². The lowest BCUT2D eigenvalue weighted by molar-refractivity contribution is -0.160. The number of carbonyl (C=O) groups excluding carboxylic acids is 2. The maximum Gasteiger partial charge on any atom is 0.335 e. The van der Waals surface area contributed by atoms with Crippen LogP contribution in [0.1, 0.15) is 56.0 Å². The number of hydrogen-bond donors (Lipinski definition) is 3. The van der Waals surface area contributed by atoms with Crippen molar-refractivity contribution in [1.29, 1.82) is 0 Å². The summed E-state index contributed by atoms with van der Waals surface area (Å²) in [5.41, 5.74) is 2.53. The van der Waals surface area contributed by atoms with Crippen molar-refractivity contribution in [2.45, 2.75) is 46.5 Å². The molecule has 3 N–H and O–H groups in total. The fraction of sp³-hybridized carbons (Fsp3) is 0.474. The van der Waals surface area contributed by atoms with Crippen molar-refractivity contribution in [2.75, 3.05) is 0 Å². The van der Waals surface area contributed by atoms with E-state index >= 15 is 0 Å². The summed E-state index contributed by atoms with van der Waals surface area (Å²) in [6.45, 7) is 5.57. The minimum atomic E-state index is -1.06. The standard InChI is InChI=1S/C19H25NO7/c1-19(2,3)11-16(22)27-20-15(21)9-8-14(18(25)26)10-12-4-6-13(7-5-12)17(23)24/h4-7,14H,8-11H2,1-3H3,(H,20,21)(H,23,24)(H,25,26). The Kier molecular flexibility index (Phi) is 7.96. The molecule has 0 aliphatic rings. The predicted molar refractivity (Wildman–Crippen MR) is 95.8 cm³/mol. The minimum Gasteiger partial charge on any atom is -0.481 e. The van der Waals surface area contributed by atoms with E-state index in [2.05, 4.69) is 4.84 Å². The molecule has 1 aromatic carbocycles. The van der Waals surface area contributed by atoms with E-state index in [-0.39, 0.29) is 36.7 Å². The quantitative estimate of drug-likeness (QED) is 0.591. The van der Waals surface area contributed by atoms with Gasteiger partial charge in [-0.3, -0.25) is 9.59 Å². The number of aliphatic carboxylic acids is 1. The predicted octanol–water partition coefficient (Wildman–Crippen LogP) is 2.42. The lowest BCUT2D eigenvalue weighted by atomic mass is 9.93. The van der Waals surface area contributed by atoms with Crippen molar-refractivity contribution >= 4 is 23.8 Å². The van der Waals surface area contributed by atoms with Crippen molar-refractivity contribution in [1.82, 2.24) is 5.48 Å². The lowest BCUT2D eigenvalue weighted by Crippen LogP contribution is -2.29. The van der Waals surface area contributed by atoms with E-state index in [1.54, 1.807) is 12.1 Å². The Bertz CT molecular complexity index is 689. The molecule has 0 aromatic heterocycles. The van der Waals surface area contributed by atoms with E-state index in [0.717, 1.165) is 0 Å². The fourth-order valence-corrected chi connectivity index (χ4v) is 2.32. The number of aromatic carboxylic acids is 1. The molecule has 1 atom stereocenters. The van der Waals surface area contributed by atoms with Gasteiger partial charge in [0.25, 0.3) is 5.91 Å². The van der Waals surface area contributed by atoms with Crippen molar-refractivity contribution in [2.24, 2.45) is 11.3 Å². The summed E-state index contributed by atoms with van der Waals surface area (Å²) in [6, 6.07) is 5.90. The van der Waals surface area contributed by atoms with Crippen molar-refractivity contribution in [3.63, 3.8) is 0 Å². The second-order valence-electron chi connectivity index (χ2n) is 7.52. The molecule has 0 aliphatic heterocycles. The third-order valence-corrected chi connectivity index (χ3v) is 3.71. The highest BCUT2D eigenvalue weighted by Gasteiger charge is 2.21. The number of hydrogen-bond acceptors (Lipinski definition) is 5. The molecule has 8 nitrogen and oxygen atoms in total. The molecule has 1 aromatic rings. The smallest absolute Gasteiger partial charge is 0.335 e. The van der Waals surface area contributed by atoms with Crippen LogP contribution in [0.15, 0.2) is 24.3 Å². The van der Waals surface area contributed by atoms with Gasteiger partial charge in [-0.05, 0) is 36.0 Å².